The number of aliphatic carboxylic acids is 3. The fourth-order valence-corrected chi connectivity index (χ4v) is 10.1. The summed E-state index contributed by atoms with van der Waals surface area (Å²) < 4.78 is 0. The Morgan fingerprint density at radius 3 is 1.44 bits per heavy atom. The van der Waals surface area contributed by atoms with Crippen molar-refractivity contribution in [2.75, 3.05) is 32.7 Å². The van der Waals surface area contributed by atoms with Crippen LogP contribution in [0.1, 0.15) is 151 Å². The van der Waals surface area contributed by atoms with Gasteiger partial charge < -0.3 is 79.1 Å². The Balaban J connectivity index is 1.82. The van der Waals surface area contributed by atoms with Crippen LogP contribution in [0.3, 0.4) is 0 Å². The van der Waals surface area contributed by atoms with Crippen molar-refractivity contribution in [2.24, 2.45) is 29.2 Å². The van der Waals surface area contributed by atoms with Crippen LogP contribution in [-0.4, -0.2) is 189 Å². The second kappa shape index (κ2) is 34.0. The fourth-order valence-electron chi connectivity index (χ4n) is 10.1. The van der Waals surface area contributed by atoms with E-state index in [0.717, 1.165) is 11.3 Å². The largest absolute Gasteiger partial charge is 0.481 e. The molecule has 3 saturated heterocycles. The van der Waals surface area contributed by atoms with Crippen LogP contribution in [-0.2, 0) is 57.5 Å². The van der Waals surface area contributed by atoms with E-state index in [2.05, 4.69) is 42.5 Å². The predicted molar refractivity (Wildman–Crippen MR) is 290 cm³/mol. The lowest BCUT2D eigenvalue weighted by atomic mass is 9.99. The summed E-state index contributed by atoms with van der Waals surface area (Å²) >= 11 is 0. The zero-order valence-corrected chi connectivity index (χ0v) is 47.4. The Kier molecular flexibility index (Phi) is 28.8. The van der Waals surface area contributed by atoms with Crippen LogP contribution < -0.4 is 54.0 Å². The molecule has 27 heteroatoms. The first-order valence-electron chi connectivity index (χ1n) is 28.3. The molecule has 27 nitrogen and oxygen atoms in total. The van der Waals surface area contributed by atoms with E-state index in [9.17, 15) is 72.9 Å². The van der Waals surface area contributed by atoms with Gasteiger partial charge in [0.2, 0.25) is 53.2 Å². The molecule has 0 aromatic carbocycles. The van der Waals surface area contributed by atoms with Crippen molar-refractivity contribution in [1.29, 1.82) is 0 Å². The highest BCUT2D eigenvalue weighted by atomic mass is 16.4. The summed E-state index contributed by atoms with van der Waals surface area (Å²) in [5.74, 6) is -11.8. The van der Waals surface area contributed by atoms with Crippen molar-refractivity contribution in [3.63, 3.8) is 0 Å². The number of unbranched alkanes of at least 4 members (excludes halogenated alkanes) is 2. The number of carbonyl (C=O) groups excluding carboxylic acids is 9. The van der Waals surface area contributed by atoms with Crippen molar-refractivity contribution in [3.8, 4) is 0 Å². The van der Waals surface area contributed by atoms with Crippen molar-refractivity contribution >= 4 is 71.1 Å². The molecule has 0 spiro atoms. The summed E-state index contributed by atoms with van der Waals surface area (Å²) in [4.78, 5) is 163. The van der Waals surface area contributed by atoms with Gasteiger partial charge in [0.1, 0.15) is 54.4 Å². The molecule has 3 aliphatic heterocycles. The zero-order valence-electron chi connectivity index (χ0n) is 47.4. The lowest BCUT2D eigenvalue weighted by Crippen LogP contribution is -2.61. The maximum Gasteiger partial charge on any atom is 0.326 e. The maximum atomic E-state index is 14.4. The molecule has 3 aliphatic rings. The van der Waals surface area contributed by atoms with Crippen molar-refractivity contribution in [1.82, 2.24) is 52.3 Å². The number of hydrogen-bond acceptors (Lipinski definition) is 15. The van der Waals surface area contributed by atoms with E-state index in [4.69, 9.17) is 11.5 Å². The van der Waals surface area contributed by atoms with Crippen molar-refractivity contribution < 1.29 is 72.9 Å². The van der Waals surface area contributed by atoms with Gasteiger partial charge in [0.15, 0.2) is 0 Å². The zero-order chi connectivity index (χ0) is 59.8. The Bertz CT molecular complexity index is 2160. The van der Waals surface area contributed by atoms with Gasteiger partial charge in [-0.25, -0.2) is 4.79 Å². The third kappa shape index (κ3) is 21.5. The molecule has 15 N–H and O–H groups in total. The predicted octanol–water partition coefficient (Wildman–Crippen LogP) is -1.46. The van der Waals surface area contributed by atoms with Crippen LogP contribution in [0.2, 0.25) is 0 Å². The molecule has 0 radical (unpaired) electrons. The number of rotatable bonds is 35. The van der Waals surface area contributed by atoms with Crippen LogP contribution in [0.15, 0.2) is 0 Å². The van der Waals surface area contributed by atoms with Crippen LogP contribution in [0.5, 0.6) is 0 Å². The van der Waals surface area contributed by atoms with E-state index in [1.807, 2.05) is 13.8 Å². The molecular formula is C53H90N12O15. The van der Waals surface area contributed by atoms with Gasteiger partial charge in [0, 0.05) is 25.9 Å². The highest BCUT2D eigenvalue weighted by Crippen LogP contribution is 2.24. The average Bonchev–Trinajstić information content (AvgIpc) is 4.22. The number of nitrogens with zero attached hydrogens (tertiary/aromatic N) is 2. The average molecular weight is 1140 g/mol. The molecule has 0 bridgehead atoms. The number of carboxylic acid groups (broad SMARTS) is 3. The standard InChI is InChI=1S/C53H90N12O15/c1-29(2)28-37(61-45(71)33(14-7-9-23-54)57-44(70)32-16-11-25-56-32)48(74)58-34(15-8-10-24-55)46(72)62-42(30(3)4)50(76)59-35(19-21-40(66)67)47(73)63-43(31(5)6)52(78)64-26-12-17-38(64)49(75)60-36(20-22-41(68)69)51(77)65-27-13-18-39(65)53(79)80/h29-39,42-43,56H,7-28,54-55H2,1-6H3,(H,57,70)(H,58,74)(H,59,76)(H,60,75)(H,61,71)(H,62,72)(H,63,73)(H,66,67)(H,68,69)(H,79,80)/t32-,33-,34-,35-,36-,37-,38-,39-,42-,43-/m0/s1. The van der Waals surface area contributed by atoms with E-state index >= 15 is 0 Å². The van der Waals surface area contributed by atoms with Gasteiger partial charge in [-0.1, -0.05) is 41.5 Å². The summed E-state index contributed by atoms with van der Waals surface area (Å²) in [6.45, 7) is 11.6. The lowest BCUT2D eigenvalue weighted by molar-refractivity contribution is -0.150. The first-order valence-corrected chi connectivity index (χ1v) is 28.3. The van der Waals surface area contributed by atoms with Crippen LogP contribution in [0.25, 0.3) is 0 Å². The number of amides is 9. The minimum atomic E-state index is -1.58. The van der Waals surface area contributed by atoms with E-state index in [1.54, 1.807) is 27.7 Å². The van der Waals surface area contributed by atoms with Gasteiger partial charge in [0.05, 0.1) is 6.04 Å². The molecule has 0 aromatic rings. The molecule has 80 heavy (non-hydrogen) atoms. The van der Waals surface area contributed by atoms with Crippen LogP contribution in [0, 0.1) is 17.8 Å². The van der Waals surface area contributed by atoms with Crippen LogP contribution >= 0.6 is 0 Å². The van der Waals surface area contributed by atoms with E-state index in [1.165, 1.54) is 4.90 Å². The van der Waals surface area contributed by atoms with Crippen LogP contribution in [0.4, 0.5) is 0 Å². The normalized spacial score (nSPS) is 19.7. The smallest absolute Gasteiger partial charge is 0.326 e. The van der Waals surface area contributed by atoms with E-state index < -0.39 is 157 Å². The van der Waals surface area contributed by atoms with Crippen molar-refractivity contribution in [2.45, 2.75) is 211 Å². The second-order valence-electron chi connectivity index (χ2n) is 22.2. The van der Waals surface area contributed by atoms with Gasteiger partial charge in [-0.05, 0) is 134 Å². The van der Waals surface area contributed by atoms with Gasteiger partial charge >= 0.3 is 17.9 Å². The summed E-state index contributed by atoms with van der Waals surface area (Å²) in [6, 6.07) is -11.9. The summed E-state index contributed by atoms with van der Waals surface area (Å²) in [5, 5.41) is 50.7. The van der Waals surface area contributed by atoms with Gasteiger partial charge in [-0.3, -0.25) is 52.7 Å². The number of carboxylic acids is 3. The summed E-state index contributed by atoms with van der Waals surface area (Å²) in [7, 11) is 0. The molecule has 3 fully saturated rings. The van der Waals surface area contributed by atoms with Gasteiger partial charge in [-0.2, -0.15) is 0 Å². The number of likely N-dealkylation sites (tertiary alicyclic amines) is 2. The minimum Gasteiger partial charge on any atom is -0.481 e. The number of hydrogen-bond donors (Lipinski definition) is 13. The maximum absolute atomic E-state index is 14.4. The molecule has 10 atom stereocenters. The number of nitrogens with two attached hydrogens (primary N) is 2. The van der Waals surface area contributed by atoms with E-state index in [-0.39, 0.29) is 70.0 Å². The lowest BCUT2D eigenvalue weighted by Gasteiger charge is -2.33. The number of nitrogens with one attached hydrogen (secondary N) is 8. The minimum absolute atomic E-state index is 0.0424. The topological polar surface area (TPSA) is 420 Å². The Morgan fingerprint density at radius 1 is 0.487 bits per heavy atom. The molecule has 0 aliphatic carbocycles. The molecule has 3 rings (SSSR count). The Hall–Kier alpha value is -6.48. The fraction of sp³-hybridized carbons (Fsp3) is 0.774. The first-order chi connectivity index (χ1) is 37.8. The molecule has 0 saturated carbocycles. The van der Waals surface area contributed by atoms with Crippen molar-refractivity contribution in [3.05, 3.63) is 0 Å². The molecule has 3 heterocycles. The Labute approximate surface area is 468 Å². The summed E-state index contributed by atoms with van der Waals surface area (Å²) in [6.07, 6.45) is 2.92. The highest BCUT2D eigenvalue weighted by Gasteiger charge is 2.43. The monoisotopic (exact) mass is 1130 g/mol. The van der Waals surface area contributed by atoms with Gasteiger partial charge in [0.25, 0.3) is 0 Å². The quantitative estimate of drug-likeness (QED) is 0.0323. The molecule has 0 unspecified atom stereocenters. The molecular weight excluding hydrogens is 1040 g/mol. The van der Waals surface area contributed by atoms with Gasteiger partial charge in [-0.15, -0.1) is 0 Å². The third-order valence-electron chi connectivity index (χ3n) is 14.6. The van der Waals surface area contributed by atoms with E-state index in [0.29, 0.717) is 58.0 Å². The second-order valence-corrected chi connectivity index (χ2v) is 22.2. The first kappa shape index (κ1) is 67.8. The molecule has 9 amide bonds. The SMILES string of the molecule is CC(C)C[C@H](NC(=O)[C@H](CCCCN)NC(=O)[C@@H]1CCCN1)C(=O)N[C@@H](CCCCN)C(=O)N[C@H](C(=O)N[C@@H](CCC(=O)O)C(=O)N[C@H](C(=O)N1CCC[C@H]1C(=O)N[C@@H](CCC(=O)O)C(=O)N1CCC[C@H]1C(=O)O)C(C)C)C(C)C. The summed E-state index contributed by atoms with van der Waals surface area (Å²) in [5.41, 5.74) is 11.5. The Morgan fingerprint density at radius 2 is 0.938 bits per heavy atom. The number of carbonyl (C=O) groups is 12. The molecule has 452 valence electrons. The molecule has 0 aromatic heterocycles. The third-order valence-corrected chi connectivity index (χ3v) is 14.6. The highest BCUT2D eigenvalue weighted by molar-refractivity contribution is 5.99.